The van der Waals surface area contributed by atoms with Crippen molar-refractivity contribution in [2.24, 2.45) is 5.10 Å². The molecule has 0 aliphatic carbocycles. The predicted molar refractivity (Wildman–Crippen MR) is 129 cm³/mol. The zero-order chi connectivity index (χ0) is 23.5. The molecule has 3 rings (SSSR count). The normalized spacial score (nSPS) is 10.7. The third-order valence-electron chi connectivity index (χ3n) is 4.91. The third-order valence-corrected chi connectivity index (χ3v) is 4.91. The van der Waals surface area contributed by atoms with Gasteiger partial charge in [-0.15, -0.1) is 0 Å². The van der Waals surface area contributed by atoms with Crippen LogP contribution in [0.1, 0.15) is 43.7 Å². The molecule has 170 valence electrons. The van der Waals surface area contributed by atoms with Gasteiger partial charge >= 0.3 is 0 Å². The van der Waals surface area contributed by atoms with Crippen LogP contribution in [0.5, 0.6) is 11.5 Å². The lowest BCUT2D eigenvalue weighted by molar-refractivity contribution is 0.285. The number of methoxy groups -OCH3 is 1. The van der Waals surface area contributed by atoms with E-state index in [1.165, 1.54) is 12.8 Å². The number of unbranched alkanes of at least 4 members (excludes halogenated alkanes) is 3. The number of ether oxygens (including phenoxy) is 2. The summed E-state index contributed by atoms with van der Waals surface area (Å²) in [6.45, 7) is 2.82. The van der Waals surface area contributed by atoms with Crippen LogP contribution < -0.4 is 20.5 Å². The van der Waals surface area contributed by atoms with Crippen LogP contribution in [0, 0.1) is 11.3 Å². The first-order valence-corrected chi connectivity index (χ1v) is 10.9. The van der Waals surface area contributed by atoms with Crippen LogP contribution in [-0.2, 0) is 0 Å². The fourth-order valence-electron chi connectivity index (χ4n) is 3.20. The van der Waals surface area contributed by atoms with Crippen LogP contribution in [-0.4, -0.2) is 29.9 Å². The molecule has 8 heteroatoms. The lowest BCUT2D eigenvalue weighted by Crippen LogP contribution is -2.16. The van der Waals surface area contributed by atoms with Gasteiger partial charge in [0, 0.05) is 5.56 Å². The third kappa shape index (κ3) is 6.43. The van der Waals surface area contributed by atoms with Gasteiger partial charge < -0.3 is 9.47 Å². The molecule has 2 N–H and O–H groups in total. The molecule has 0 bridgehead atoms. The van der Waals surface area contributed by atoms with Crippen molar-refractivity contribution < 1.29 is 9.47 Å². The van der Waals surface area contributed by atoms with Gasteiger partial charge in [-0.1, -0.05) is 56.5 Å². The van der Waals surface area contributed by atoms with Crippen molar-refractivity contribution in [1.29, 1.82) is 5.26 Å². The highest BCUT2D eigenvalue weighted by molar-refractivity contribution is 5.81. The fraction of sp³-hybridized carbons (Fsp3) is 0.280. The number of benzene rings is 2. The van der Waals surface area contributed by atoms with E-state index in [1.54, 1.807) is 25.5 Å². The Morgan fingerprint density at radius 2 is 1.97 bits per heavy atom. The van der Waals surface area contributed by atoms with Gasteiger partial charge in [0.2, 0.25) is 5.95 Å². The van der Waals surface area contributed by atoms with Gasteiger partial charge in [-0.2, -0.15) is 10.4 Å². The molecule has 0 aliphatic heterocycles. The average Bonchev–Trinajstić information content (AvgIpc) is 2.84. The molecular weight excluding hydrogens is 418 g/mol. The molecule has 0 spiro atoms. The Morgan fingerprint density at radius 1 is 1.15 bits per heavy atom. The SMILES string of the molecule is CCCCCCOc1ccc(C=NNc2nc(-c3ccccc3)c(C#N)c(=O)[nH]2)cc1OC. The van der Waals surface area contributed by atoms with E-state index < -0.39 is 5.56 Å². The number of aromatic amines is 1. The van der Waals surface area contributed by atoms with Crippen molar-refractivity contribution in [2.45, 2.75) is 32.6 Å². The van der Waals surface area contributed by atoms with Crippen LogP contribution >= 0.6 is 0 Å². The molecule has 1 heterocycles. The molecule has 33 heavy (non-hydrogen) atoms. The van der Waals surface area contributed by atoms with Gasteiger partial charge in [0.15, 0.2) is 11.5 Å². The number of H-pyrrole nitrogens is 1. The van der Waals surface area contributed by atoms with Gasteiger partial charge in [-0.05, 0) is 30.2 Å². The number of hydrazone groups is 1. The maximum absolute atomic E-state index is 12.3. The van der Waals surface area contributed by atoms with E-state index in [9.17, 15) is 10.1 Å². The fourth-order valence-corrected chi connectivity index (χ4v) is 3.20. The second-order valence-corrected chi connectivity index (χ2v) is 7.31. The first-order chi connectivity index (χ1) is 16.2. The number of nitrogens with zero attached hydrogens (tertiary/aromatic N) is 3. The van der Waals surface area contributed by atoms with Gasteiger partial charge in [-0.3, -0.25) is 9.78 Å². The van der Waals surface area contributed by atoms with E-state index in [0.717, 1.165) is 18.4 Å². The number of aromatic nitrogens is 2. The molecule has 0 radical (unpaired) electrons. The van der Waals surface area contributed by atoms with E-state index >= 15 is 0 Å². The summed E-state index contributed by atoms with van der Waals surface area (Å²) in [6.07, 6.45) is 6.12. The number of hydrogen-bond acceptors (Lipinski definition) is 7. The lowest BCUT2D eigenvalue weighted by Gasteiger charge is -2.11. The molecule has 8 nitrogen and oxygen atoms in total. The standard InChI is InChI=1S/C25H27N5O3/c1-3-4-5-9-14-33-21-13-12-18(15-22(21)32-2)17-27-30-25-28-23(19-10-7-6-8-11-19)20(16-26)24(31)29-25/h6-8,10-13,15,17H,3-5,9,14H2,1-2H3,(H2,28,29,30,31). The Bertz CT molecular complexity index is 1180. The number of hydrogen-bond donors (Lipinski definition) is 2. The lowest BCUT2D eigenvalue weighted by atomic mass is 10.1. The number of anilines is 1. The zero-order valence-corrected chi connectivity index (χ0v) is 18.8. The van der Waals surface area contributed by atoms with Crippen molar-refractivity contribution in [3.8, 4) is 28.8 Å². The topological polar surface area (TPSA) is 112 Å². The number of nitrogens with one attached hydrogen (secondary N) is 2. The molecule has 0 atom stereocenters. The van der Waals surface area contributed by atoms with E-state index in [4.69, 9.17) is 9.47 Å². The molecule has 0 amide bonds. The average molecular weight is 446 g/mol. The molecule has 0 aliphatic rings. The molecule has 0 saturated carbocycles. The second kappa shape index (κ2) is 12.1. The molecular formula is C25H27N5O3. The Kier molecular flexibility index (Phi) is 8.60. The van der Waals surface area contributed by atoms with E-state index in [0.29, 0.717) is 29.4 Å². The van der Waals surface area contributed by atoms with Crippen LogP contribution in [0.25, 0.3) is 11.3 Å². The van der Waals surface area contributed by atoms with Crippen molar-refractivity contribution >= 4 is 12.2 Å². The van der Waals surface area contributed by atoms with Crippen LogP contribution in [0.2, 0.25) is 0 Å². The maximum Gasteiger partial charge on any atom is 0.270 e. The van der Waals surface area contributed by atoms with Crippen molar-refractivity contribution in [2.75, 3.05) is 19.1 Å². The monoisotopic (exact) mass is 445 g/mol. The maximum atomic E-state index is 12.3. The minimum absolute atomic E-state index is 0.0502. The first kappa shape index (κ1) is 23.5. The molecule has 3 aromatic rings. The Labute approximate surface area is 192 Å². The summed E-state index contributed by atoms with van der Waals surface area (Å²) in [6, 6.07) is 16.5. The quantitative estimate of drug-likeness (QED) is 0.251. The summed E-state index contributed by atoms with van der Waals surface area (Å²) in [5.41, 5.74) is 3.87. The number of rotatable bonds is 11. The molecule has 0 unspecified atom stereocenters. The van der Waals surface area contributed by atoms with Crippen molar-refractivity contribution in [3.63, 3.8) is 0 Å². The van der Waals surface area contributed by atoms with Crippen molar-refractivity contribution in [3.05, 3.63) is 70.0 Å². The Balaban J connectivity index is 1.71. The largest absolute Gasteiger partial charge is 0.493 e. The molecule has 1 aromatic heterocycles. The van der Waals surface area contributed by atoms with Gasteiger partial charge in [0.25, 0.3) is 5.56 Å². The summed E-state index contributed by atoms with van der Waals surface area (Å²) in [4.78, 5) is 19.2. The van der Waals surface area contributed by atoms with Gasteiger partial charge in [-0.25, -0.2) is 10.4 Å². The highest BCUT2D eigenvalue weighted by Crippen LogP contribution is 2.28. The summed E-state index contributed by atoms with van der Waals surface area (Å²) < 4.78 is 11.3. The van der Waals surface area contributed by atoms with E-state index in [1.807, 2.05) is 42.5 Å². The zero-order valence-electron chi connectivity index (χ0n) is 18.8. The smallest absolute Gasteiger partial charge is 0.270 e. The van der Waals surface area contributed by atoms with Gasteiger partial charge in [0.05, 0.1) is 25.6 Å². The summed E-state index contributed by atoms with van der Waals surface area (Å²) in [5, 5.41) is 13.5. The van der Waals surface area contributed by atoms with Crippen LogP contribution in [0.4, 0.5) is 5.95 Å². The molecule has 0 saturated heterocycles. The minimum Gasteiger partial charge on any atom is -0.493 e. The summed E-state index contributed by atoms with van der Waals surface area (Å²) in [7, 11) is 1.59. The number of nitriles is 1. The second-order valence-electron chi connectivity index (χ2n) is 7.31. The highest BCUT2D eigenvalue weighted by Gasteiger charge is 2.13. The van der Waals surface area contributed by atoms with Crippen molar-refractivity contribution in [1.82, 2.24) is 9.97 Å². The van der Waals surface area contributed by atoms with Gasteiger partial charge in [0.1, 0.15) is 11.6 Å². The van der Waals surface area contributed by atoms with Crippen LogP contribution in [0.15, 0.2) is 58.4 Å². The first-order valence-electron chi connectivity index (χ1n) is 10.9. The molecule has 2 aromatic carbocycles. The predicted octanol–water partition coefficient (Wildman–Crippen LogP) is 4.72. The minimum atomic E-state index is -0.536. The molecule has 0 fully saturated rings. The van der Waals surface area contributed by atoms with E-state index in [2.05, 4.69) is 27.4 Å². The Morgan fingerprint density at radius 3 is 2.70 bits per heavy atom. The summed E-state index contributed by atoms with van der Waals surface area (Å²) >= 11 is 0. The highest BCUT2D eigenvalue weighted by atomic mass is 16.5. The van der Waals surface area contributed by atoms with Crippen LogP contribution in [0.3, 0.4) is 0 Å². The summed E-state index contributed by atoms with van der Waals surface area (Å²) in [5.74, 6) is 1.43. The van der Waals surface area contributed by atoms with E-state index in [-0.39, 0.29) is 11.5 Å². The Hall–Kier alpha value is -4.12.